The molecule has 0 bridgehead atoms. The molecule has 3 heterocycles. The molecule has 5 rings (SSSR count). The average Bonchev–Trinajstić information content (AvgIpc) is 3.52. The van der Waals surface area contributed by atoms with E-state index in [2.05, 4.69) is 15.3 Å². The third kappa shape index (κ3) is 4.00. The lowest BCUT2D eigenvalue weighted by Crippen LogP contribution is -2.15. The van der Waals surface area contributed by atoms with Gasteiger partial charge in [0.1, 0.15) is 0 Å². The Morgan fingerprint density at radius 3 is 2.69 bits per heavy atom. The highest BCUT2D eigenvalue weighted by atomic mass is 32.1. The molecule has 0 unspecified atom stereocenters. The summed E-state index contributed by atoms with van der Waals surface area (Å²) in [6.07, 6.45) is 2.14. The SMILES string of the molecule is COc1ccc(-c2csc(NC(=O)Cc3csc4nc(-c5ccccc5)cn34)n2)cc1F. The van der Waals surface area contributed by atoms with E-state index >= 15 is 0 Å². The third-order valence-corrected chi connectivity index (χ3v) is 6.54. The lowest BCUT2D eigenvalue weighted by Gasteiger charge is -2.03. The third-order valence-electron chi connectivity index (χ3n) is 4.89. The molecule has 0 saturated heterocycles. The van der Waals surface area contributed by atoms with Gasteiger partial charge in [-0.05, 0) is 18.2 Å². The Hall–Kier alpha value is -3.56. The monoisotopic (exact) mass is 464 g/mol. The maximum Gasteiger partial charge on any atom is 0.232 e. The highest BCUT2D eigenvalue weighted by Crippen LogP contribution is 2.29. The number of amides is 1. The Morgan fingerprint density at radius 2 is 1.91 bits per heavy atom. The zero-order valence-electron chi connectivity index (χ0n) is 16.9. The van der Waals surface area contributed by atoms with Crippen LogP contribution in [0.25, 0.3) is 27.5 Å². The minimum Gasteiger partial charge on any atom is -0.494 e. The summed E-state index contributed by atoms with van der Waals surface area (Å²) < 4.78 is 20.9. The fourth-order valence-electron chi connectivity index (χ4n) is 3.32. The van der Waals surface area contributed by atoms with Gasteiger partial charge in [-0.3, -0.25) is 9.20 Å². The fourth-order valence-corrected chi connectivity index (χ4v) is 4.93. The number of nitrogens with one attached hydrogen (secondary N) is 1. The molecule has 6 nitrogen and oxygen atoms in total. The van der Waals surface area contributed by atoms with Gasteiger partial charge in [0.15, 0.2) is 21.7 Å². The van der Waals surface area contributed by atoms with Crippen LogP contribution in [0, 0.1) is 5.82 Å². The smallest absolute Gasteiger partial charge is 0.232 e. The topological polar surface area (TPSA) is 68.5 Å². The molecule has 3 aromatic heterocycles. The summed E-state index contributed by atoms with van der Waals surface area (Å²) in [7, 11) is 1.42. The number of methoxy groups -OCH3 is 1. The number of hydrogen-bond donors (Lipinski definition) is 1. The summed E-state index contributed by atoms with van der Waals surface area (Å²) >= 11 is 2.79. The zero-order valence-corrected chi connectivity index (χ0v) is 18.5. The number of carbonyl (C=O) groups excluding carboxylic acids is 1. The van der Waals surface area contributed by atoms with Crippen molar-refractivity contribution < 1.29 is 13.9 Å². The van der Waals surface area contributed by atoms with Crippen molar-refractivity contribution in [3.8, 4) is 28.3 Å². The van der Waals surface area contributed by atoms with Crippen LogP contribution in [0.2, 0.25) is 0 Å². The van der Waals surface area contributed by atoms with Gasteiger partial charge in [0.05, 0.1) is 24.9 Å². The van der Waals surface area contributed by atoms with Crippen LogP contribution in [0.5, 0.6) is 5.75 Å². The normalized spacial score (nSPS) is 11.1. The lowest BCUT2D eigenvalue weighted by molar-refractivity contribution is -0.115. The van der Waals surface area contributed by atoms with Gasteiger partial charge in [-0.15, -0.1) is 22.7 Å². The van der Waals surface area contributed by atoms with E-state index in [1.54, 1.807) is 17.5 Å². The molecular formula is C23H17FN4O2S2. The van der Waals surface area contributed by atoms with E-state index in [9.17, 15) is 9.18 Å². The Balaban J connectivity index is 1.30. The van der Waals surface area contributed by atoms with Crippen molar-refractivity contribution in [2.45, 2.75) is 6.42 Å². The number of rotatable bonds is 6. The quantitative estimate of drug-likeness (QED) is 0.360. The molecule has 0 fully saturated rings. The fraction of sp³-hybridized carbons (Fsp3) is 0.0870. The highest BCUT2D eigenvalue weighted by Gasteiger charge is 2.15. The number of carbonyl (C=O) groups is 1. The second-order valence-electron chi connectivity index (χ2n) is 6.98. The molecule has 32 heavy (non-hydrogen) atoms. The average molecular weight is 465 g/mol. The summed E-state index contributed by atoms with van der Waals surface area (Å²) in [5, 5.41) is 7.01. The summed E-state index contributed by atoms with van der Waals surface area (Å²) in [6.45, 7) is 0. The standard InChI is InChI=1S/C23H17FN4O2S2/c1-30-20-8-7-15(9-17(20)24)19-13-31-22(25-19)27-21(29)10-16-12-32-23-26-18(11-28(16)23)14-5-3-2-4-6-14/h2-9,11-13H,10H2,1H3,(H,25,27,29). The van der Waals surface area contributed by atoms with Crippen molar-refractivity contribution in [3.63, 3.8) is 0 Å². The van der Waals surface area contributed by atoms with Gasteiger partial charge in [-0.1, -0.05) is 30.3 Å². The molecule has 5 aromatic rings. The minimum absolute atomic E-state index is 0.175. The predicted octanol–water partition coefficient (Wildman–Crippen LogP) is 5.52. The Morgan fingerprint density at radius 1 is 1.06 bits per heavy atom. The van der Waals surface area contributed by atoms with Gasteiger partial charge < -0.3 is 10.1 Å². The summed E-state index contributed by atoms with van der Waals surface area (Å²) in [5.41, 5.74) is 3.96. The van der Waals surface area contributed by atoms with E-state index in [1.807, 2.05) is 46.3 Å². The molecule has 0 aliphatic rings. The predicted molar refractivity (Wildman–Crippen MR) is 125 cm³/mol. The number of ether oxygens (including phenoxy) is 1. The van der Waals surface area contributed by atoms with Crippen LogP contribution in [-0.2, 0) is 11.2 Å². The number of nitrogens with zero attached hydrogens (tertiary/aromatic N) is 3. The summed E-state index contributed by atoms with van der Waals surface area (Å²) in [5.74, 6) is -0.462. The first-order valence-corrected chi connectivity index (χ1v) is 11.5. The molecule has 0 spiro atoms. The Bertz CT molecular complexity index is 1410. The van der Waals surface area contributed by atoms with Crippen molar-refractivity contribution >= 4 is 38.7 Å². The molecule has 1 N–H and O–H groups in total. The van der Waals surface area contributed by atoms with Crippen LogP contribution >= 0.6 is 22.7 Å². The molecule has 160 valence electrons. The number of thiazole rings is 2. The second-order valence-corrected chi connectivity index (χ2v) is 8.68. The van der Waals surface area contributed by atoms with Crippen LogP contribution < -0.4 is 10.1 Å². The van der Waals surface area contributed by atoms with Crippen molar-refractivity contribution in [1.82, 2.24) is 14.4 Å². The van der Waals surface area contributed by atoms with Crippen LogP contribution in [0.4, 0.5) is 9.52 Å². The maximum absolute atomic E-state index is 14.0. The van der Waals surface area contributed by atoms with Crippen LogP contribution in [0.1, 0.15) is 5.69 Å². The number of hydrogen-bond acceptors (Lipinski definition) is 6. The summed E-state index contributed by atoms with van der Waals surface area (Å²) in [6, 6.07) is 14.6. The Labute approximate surface area is 191 Å². The van der Waals surface area contributed by atoms with Gasteiger partial charge in [-0.2, -0.15) is 0 Å². The van der Waals surface area contributed by atoms with E-state index in [-0.39, 0.29) is 18.1 Å². The number of benzene rings is 2. The largest absolute Gasteiger partial charge is 0.494 e. The Kier molecular flexibility index (Phi) is 5.42. The van der Waals surface area contributed by atoms with Crippen LogP contribution in [0.15, 0.2) is 65.5 Å². The molecule has 0 aliphatic heterocycles. The van der Waals surface area contributed by atoms with E-state index in [0.29, 0.717) is 16.4 Å². The van der Waals surface area contributed by atoms with Crippen LogP contribution in [0.3, 0.4) is 0 Å². The maximum atomic E-state index is 14.0. The zero-order chi connectivity index (χ0) is 22.1. The van der Waals surface area contributed by atoms with Gasteiger partial charge in [0, 0.05) is 33.8 Å². The number of imidazole rings is 1. The molecule has 0 aliphatic carbocycles. The van der Waals surface area contributed by atoms with Gasteiger partial charge >= 0.3 is 0 Å². The van der Waals surface area contributed by atoms with E-state index < -0.39 is 5.82 Å². The second kappa shape index (κ2) is 8.52. The van der Waals surface area contributed by atoms with E-state index in [0.717, 1.165) is 21.9 Å². The highest BCUT2D eigenvalue weighted by molar-refractivity contribution is 7.15. The molecule has 2 aromatic carbocycles. The molecule has 1 amide bonds. The molecule has 0 atom stereocenters. The van der Waals surface area contributed by atoms with E-state index in [4.69, 9.17) is 4.74 Å². The number of fused-ring (bicyclic) bond motifs is 1. The first kappa shape index (κ1) is 20.3. The number of aromatic nitrogens is 3. The molecule has 9 heteroatoms. The van der Waals surface area contributed by atoms with Crippen molar-refractivity contribution in [2.75, 3.05) is 12.4 Å². The first-order chi connectivity index (χ1) is 15.6. The lowest BCUT2D eigenvalue weighted by atomic mass is 10.1. The first-order valence-electron chi connectivity index (χ1n) is 9.71. The minimum atomic E-state index is -0.458. The van der Waals surface area contributed by atoms with Crippen LogP contribution in [-0.4, -0.2) is 27.4 Å². The van der Waals surface area contributed by atoms with Gasteiger partial charge in [0.25, 0.3) is 0 Å². The van der Waals surface area contributed by atoms with Gasteiger partial charge in [0.2, 0.25) is 5.91 Å². The van der Waals surface area contributed by atoms with Gasteiger partial charge in [-0.25, -0.2) is 14.4 Å². The molecular weight excluding hydrogens is 447 g/mol. The molecule has 0 saturated carbocycles. The summed E-state index contributed by atoms with van der Waals surface area (Å²) in [4.78, 5) is 22.5. The number of anilines is 1. The van der Waals surface area contributed by atoms with Crippen molar-refractivity contribution in [3.05, 3.63) is 77.0 Å². The van der Waals surface area contributed by atoms with E-state index in [1.165, 1.54) is 35.8 Å². The van der Waals surface area contributed by atoms with Crippen molar-refractivity contribution in [2.24, 2.45) is 0 Å². The van der Waals surface area contributed by atoms with Crippen molar-refractivity contribution in [1.29, 1.82) is 0 Å². The molecule has 0 radical (unpaired) electrons. The number of halogens is 1.